The van der Waals surface area contributed by atoms with Gasteiger partial charge < -0.3 is 5.32 Å². The SMILES string of the molecule is CC(C)C(=O)N[C@]1(C(F)(F)F)NC(=O)N(Cc2cccnc2)C1=O. The van der Waals surface area contributed by atoms with E-state index in [2.05, 4.69) is 4.98 Å². The molecule has 0 radical (unpaired) electrons. The first-order valence-corrected chi connectivity index (χ1v) is 7.00. The third-order valence-corrected chi connectivity index (χ3v) is 3.43. The van der Waals surface area contributed by atoms with Crippen molar-refractivity contribution in [2.75, 3.05) is 0 Å². The maximum atomic E-state index is 13.5. The first-order valence-electron chi connectivity index (χ1n) is 7.00. The summed E-state index contributed by atoms with van der Waals surface area (Å²) in [6.07, 6.45) is -2.44. The molecule has 0 saturated carbocycles. The molecule has 2 N–H and O–H groups in total. The summed E-state index contributed by atoms with van der Waals surface area (Å²) in [4.78, 5) is 40.1. The Morgan fingerprint density at radius 2 is 2.08 bits per heavy atom. The van der Waals surface area contributed by atoms with Gasteiger partial charge >= 0.3 is 12.2 Å². The third kappa shape index (κ3) is 3.03. The van der Waals surface area contributed by atoms with Crippen LogP contribution in [0.15, 0.2) is 24.5 Å². The highest BCUT2D eigenvalue weighted by atomic mass is 19.4. The number of aromatic nitrogens is 1. The molecule has 1 aliphatic heterocycles. The van der Waals surface area contributed by atoms with Gasteiger partial charge in [-0.25, -0.2) is 4.79 Å². The van der Waals surface area contributed by atoms with Crippen molar-refractivity contribution < 1.29 is 27.6 Å². The van der Waals surface area contributed by atoms with Crippen molar-refractivity contribution in [3.63, 3.8) is 0 Å². The second kappa shape index (κ2) is 6.10. The van der Waals surface area contributed by atoms with E-state index in [0.717, 1.165) is 0 Å². The van der Waals surface area contributed by atoms with Crippen LogP contribution in [0.4, 0.5) is 18.0 Å². The standard InChI is InChI=1S/C14H15F3N4O3/c1-8(2)10(22)19-13(14(15,16)17)11(23)21(12(24)20-13)7-9-4-3-5-18-6-9/h3-6,8H,7H2,1-2H3,(H,19,22)(H,20,24)/t13-/m0/s1. The van der Waals surface area contributed by atoms with E-state index in [1.807, 2.05) is 0 Å². The lowest BCUT2D eigenvalue weighted by atomic mass is 10.1. The summed E-state index contributed by atoms with van der Waals surface area (Å²) in [5, 5.41) is 3.20. The van der Waals surface area contributed by atoms with Gasteiger partial charge in [-0.1, -0.05) is 19.9 Å². The topological polar surface area (TPSA) is 91.4 Å². The van der Waals surface area contributed by atoms with E-state index >= 15 is 0 Å². The number of halogens is 3. The smallest absolute Gasteiger partial charge is 0.318 e. The van der Waals surface area contributed by atoms with Crippen LogP contribution in [0.3, 0.4) is 0 Å². The number of pyridine rings is 1. The third-order valence-electron chi connectivity index (χ3n) is 3.43. The first kappa shape index (κ1) is 17.7. The predicted octanol–water partition coefficient (Wildman–Crippen LogP) is 1.16. The second-order valence-electron chi connectivity index (χ2n) is 5.57. The van der Waals surface area contributed by atoms with Crippen LogP contribution in [0.25, 0.3) is 0 Å². The highest BCUT2D eigenvalue weighted by Crippen LogP contribution is 2.34. The van der Waals surface area contributed by atoms with E-state index in [1.54, 1.807) is 10.6 Å². The van der Waals surface area contributed by atoms with E-state index < -0.39 is 42.1 Å². The average Bonchev–Trinajstić information content (AvgIpc) is 2.73. The minimum Gasteiger partial charge on any atom is -0.318 e. The van der Waals surface area contributed by atoms with Gasteiger partial charge in [-0.2, -0.15) is 13.2 Å². The molecule has 0 aromatic carbocycles. The first-order chi connectivity index (χ1) is 11.1. The highest BCUT2D eigenvalue weighted by Gasteiger charge is 2.68. The maximum absolute atomic E-state index is 13.5. The van der Waals surface area contributed by atoms with E-state index in [1.165, 1.54) is 38.4 Å². The Labute approximate surface area is 135 Å². The lowest BCUT2D eigenvalue weighted by Crippen LogP contribution is -2.70. The molecule has 1 atom stereocenters. The van der Waals surface area contributed by atoms with Crippen molar-refractivity contribution in [2.24, 2.45) is 5.92 Å². The largest absolute Gasteiger partial charge is 0.440 e. The number of amides is 4. The van der Waals surface area contributed by atoms with Gasteiger partial charge in [0.25, 0.3) is 11.6 Å². The summed E-state index contributed by atoms with van der Waals surface area (Å²) in [6.45, 7) is 2.34. The number of urea groups is 1. The lowest BCUT2D eigenvalue weighted by Gasteiger charge is -2.30. The van der Waals surface area contributed by atoms with E-state index in [9.17, 15) is 27.6 Å². The molecule has 0 unspecified atom stereocenters. The minimum absolute atomic E-state index is 0.370. The fourth-order valence-electron chi connectivity index (χ4n) is 2.07. The van der Waals surface area contributed by atoms with Crippen molar-refractivity contribution in [1.82, 2.24) is 20.5 Å². The fraction of sp³-hybridized carbons (Fsp3) is 0.429. The van der Waals surface area contributed by atoms with Crippen molar-refractivity contribution in [3.8, 4) is 0 Å². The van der Waals surface area contributed by atoms with E-state index in [4.69, 9.17) is 0 Å². The minimum atomic E-state index is -5.20. The van der Waals surface area contributed by atoms with E-state index in [-0.39, 0.29) is 0 Å². The van der Waals surface area contributed by atoms with Crippen LogP contribution in [-0.2, 0) is 16.1 Å². The number of imide groups is 1. The highest BCUT2D eigenvalue weighted by molar-refractivity contribution is 6.08. The number of hydrogen-bond acceptors (Lipinski definition) is 4. The van der Waals surface area contributed by atoms with Crippen molar-refractivity contribution >= 4 is 17.8 Å². The molecule has 10 heteroatoms. The Hall–Kier alpha value is -2.65. The van der Waals surface area contributed by atoms with Crippen LogP contribution in [0.2, 0.25) is 0 Å². The van der Waals surface area contributed by atoms with Gasteiger partial charge in [-0.05, 0) is 11.6 Å². The Balaban J connectivity index is 2.35. The molecule has 24 heavy (non-hydrogen) atoms. The summed E-state index contributed by atoms with van der Waals surface area (Å²) in [5.74, 6) is -3.40. The van der Waals surface area contributed by atoms with Gasteiger partial charge in [0.15, 0.2) is 0 Å². The number of alkyl halides is 3. The van der Waals surface area contributed by atoms with Crippen molar-refractivity contribution in [3.05, 3.63) is 30.1 Å². The van der Waals surface area contributed by atoms with Gasteiger partial charge in [0.05, 0.1) is 6.54 Å². The lowest BCUT2D eigenvalue weighted by molar-refractivity contribution is -0.204. The van der Waals surface area contributed by atoms with Gasteiger partial charge in [-0.15, -0.1) is 0 Å². The molecule has 1 fully saturated rings. The quantitative estimate of drug-likeness (QED) is 0.802. The molecule has 7 nitrogen and oxygen atoms in total. The Bertz CT molecular complexity index is 663. The molecule has 1 aliphatic rings. The van der Waals surface area contributed by atoms with E-state index in [0.29, 0.717) is 10.5 Å². The monoisotopic (exact) mass is 344 g/mol. The number of nitrogens with zero attached hydrogens (tertiary/aromatic N) is 2. The van der Waals surface area contributed by atoms with Crippen LogP contribution in [-0.4, -0.2) is 39.6 Å². The normalized spacial score (nSPS) is 21.2. The number of nitrogens with one attached hydrogen (secondary N) is 2. The molecular formula is C14H15F3N4O3. The molecule has 1 aromatic rings. The summed E-state index contributed by atoms with van der Waals surface area (Å²) in [6, 6.07) is 1.78. The molecule has 2 rings (SSSR count). The van der Waals surface area contributed by atoms with Gasteiger partial charge in [0.2, 0.25) is 5.91 Å². The van der Waals surface area contributed by atoms with Gasteiger partial charge in [0, 0.05) is 18.3 Å². The number of rotatable bonds is 4. The zero-order valence-electron chi connectivity index (χ0n) is 12.8. The number of hydrogen-bond donors (Lipinski definition) is 2. The molecule has 130 valence electrons. The number of carbonyl (C=O) groups excluding carboxylic acids is 3. The fourth-order valence-corrected chi connectivity index (χ4v) is 2.07. The van der Waals surface area contributed by atoms with Crippen molar-refractivity contribution in [1.29, 1.82) is 0 Å². The number of carbonyl (C=O) groups is 3. The average molecular weight is 344 g/mol. The molecule has 1 saturated heterocycles. The molecule has 4 amide bonds. The van der Waals surface area contributed by atoms with Crippen LogP contribution in [0.1, 0.15) is 19.4 Å². The molecule has 2 heterocycles. The summed E-state index contributed by atoms with van der Waals surface area (Å²) in [7, 11) is 0. The second-order valence-corrected chi connectivity index (χ2v) is 5.57. The maximum Gasteiger partial charge on any atom is 0.440 e. The van der Waals surface area contributed by atoms with Crippen LogP contribution in [0.5, 0.6) is 0 Å². The molecular weight excluding hydrogens is 329 g/mol. The zero-order valence-corrected chi connectivity index (χ0v) is 12.8. The summed E-state index contributed by atoms with van der Waals surface area (Å²) >= 11 is 0. The van der Waals surface area contributed by atoms with Crippen LogP contribution in [0, 0.1) is 5.92 Å². The van der Waals surface area contributed by atoms with Crippen molar-refractivity contribution in [2.45, 2.75) is 32.2 Å². The Kier molecular flexibility index (Phi) is 4.50. The Morgan fingerprint density at radius 1 is 1.42 bits per heavy atom. The van der Waals surface area contributed by atoms with Crippen LogP contribution >= 0.6 is 0 Å². The Morgan fingerprint density at radius 3 is 2.58 bits per heavy atom. The molecule has 0 spiro atoms. The summed E-state index contributed by atoms with van der Waals surface area (Å²) < 4.78 is 40.5. The van der Waals surface area contributed by atoms with Gasteiger partial charge in [0.1, 0.15) is 0 Å². The molecule has 1 aromatic heterocycles. The molecule has 0 aliphatic carbocycles. The summed E-state index contributed by atoms with van der Waals surface area (Å²) in [5.41, 5.74) is -3.10. The predicted molar refractivity (Wildman–Crippen MR) is 75.1 cm³/mol. The van der Waals surface area contributed by atoms with Gasteiger partial charge in [-0.3, -0.25) is 24.8 Å². The molecule has 0 bridgehead atoms. The zero-order chi connectivity index (χ0) is 18.1. The van der Waals surface area contributed by atoms with Crippen LogP contribution < -0.4 is 10.6 Å².